The van der Waals surface area contributed by atoms with Crippen molar-refractivity contribution in [2.75, 3.05) is 5.32 Å². The molecule has 1 aromatic heterocycles. The lowest BCUT2D eigenvalue weighted by atomic mass is 10.0. The molecule has 1 heterocycles. The Morgan fingerprint density at radius 3 is 2.56 bits per heavy atom. The highest BCUT2D eigenvalue weighted by Crippen LogP contribution is 2.40. The molecule has 6 heteroatoms. The van der Waals surface area contributed by atoms with Gasteiger partial charge in [-0.15, -0.1) is 0 Å². The van der Waals surface area contributed by atoms with E-state index in [2.05, 4.69) is 15.5 Å². The van der Waals surface area contributed by atoms with E-state index in [1.165, 1.54) is 0 Å². The zero-order chi connectivity index (χ0) is 17.4. The van der Waals surface area contributed by atoms with Crippen molar-refractivity contribution >= 4 is 11.5 Å². The molecule has 0 aliphatic heterocycles. The molecule has 128 valence electrons. The van der Waals surface area contributed by atoms with Gasteiger partial charge in [0.2, 0.25) is 0 Å². The molecule has 0 fully saturated rings. The second-order valence-corrected chi connectivity index (χ2v) is 6.18. The van der Waals surface area contributed by atoms with Crippen LogP contribution in [0.3, 0.4) is 0 Å². The lowest BCUT2D eigenvalue weighted by molar-refractivity contribution is 0.260. The second-order valence-electron chi connectivity index (χ2n) is 6.18. The summed E-state index contributed by atoms with van der Waals surface area (Å²) in [5, 5.41) is 39.0. The molecule has 25 heavy (non-hydrogen) atoms. The van der Waals surface area contributed by atoms with Crippen LogP contribution in [-0.4, -0.2) is 25.5 Å². The van der Waals surface area contributed by atoms with Gasteiger partial charge in [-0.25, -0.2) is 0 Å². The van der Waals surface area contributed by atoms with Crippen LogP contribution >= 0.6 is 0 Å². The topological polar surface area (TPSA) is 101 Å². The Labute approximate surface area is 144 Å². The molecular weight excluding hydrogens is 318 g/mol. The fourth-order valence-electron chi connectivity index (χ4n) is 3.35. The van der Waals surface area contributed by atoms with E-state index in [1.54, 1.807) is 0 Å². The molecule has 4 rings (SSSR count). The van der Waals surface area contributed by atoms with Gasteiger partial charge in [0.05, 0.1) is 25.5 Å². The van der Waals surface area contributed by atoms with E-state index in [9.17, 15) is 15.3 Å². The van der Waals surface area contributed by atoms with Crippen molar-refractivity contribution < 1.29 is 15.3 Å². The van der Waals surface area contributed by atoms with Gasteiger partial charge in [0, 0.05) is 23.2 Å². The number of nitrogens with zero attached hydrogens (tertiary/aromatic N) is 1. The monoisotopic (exact) mass is 337 g/mol. The van der Waals surface area contributed by atoms with E-state index in [0.717, 1.165) is 50.6 Å². The van der Waals surface area contributed by atoms with Crippen LogP contribution in [0.25, 0.3) is 11.3 Å². The molecule has 1 aliphatic rings. The van der Waals surface area contributed by atoms with Gasteiger partial charge < -0.3 is 20.6 Å². The van der Waals surface area contributed by atoms with Crippen molar-refractivity contribution in [2.24, 2.45) is 0 Å². The minimum absolute atomic E-state index is 0.00644. The number of hydrogen-bond donors (Lipinski definition) is 5. The summed E-state index contributed by atoms with van der Waals surface area (Å²) in [6.45, 7) is -0.201. The van der Waals surface area contributed by atoms with Crippen molar-refractivity contribution in [3.05, 3.63) is 64.2 Å². The number of H-pyrrole nitrogens is 1. The molecule has 2 aromatic carbocycles. The van der Waals surface area contributed by atoms with Gasteiger partial charge in [-0.3, -0.25) is 5.10 Å². The van der Waals surface area contributed by atoms with E-state index < -0.39 is 0 Å². The average Bonchev–Trinajstić information content (AvgIpc) is 3.20. The number of aliphatic hydroxyl groups excluding tert-OH is 3. The first-order chi connectivity index (χ1) is 12.2. The molecule has 0 spiro atoms. The molecule has 3 aromatic rings. The molecule has 0 atom stereocenters. The fraction of sp³-hybridized carbons (Fsp3) is 0.211. The number of rotatable bonds is 5. The summed E-state index contributed by atoms with van der Waals surface area (Å²) in [6, 6.07) is 11.4. The fourth-order valence-corrected chi connectivity index (χ4v) is 3.35. The van der Waals surface area contributed by atoms with Crippen LogP contribution in [0.2, 0.25) is 0 Å². The van der Waals surface area contributed by atoms with Crippen LogP contribution in [0.5, 0.6) is 0 Å². The third kappa shape index (κ3) is 2.70. The standard InChI is InChI=1S/C19H19N3O3/c23-8-11-2-1-3-15(4-11)20-19-17-6-12-5-13(9-24)14(10-25)7-16(12)18(17)21-22-19/h1-5,7,23-25H,6,8-10H2,(H2,20,21,22). The molecule has 0 radical (unpaired) electrons. The Balaban J connectivity index is 1.69. The normalized spacial score (nSPS) is 12.1. The Hall–Kier alpha value is -2.67. The number of benzene rings is 2. The quantitative estimate of drug-likeness (QED) is 0.384. The van der Waals surface area contributed by atoms with E-state index in [0.29, 0.717) is 6.42 Å². The first-order valence-corrected chi connectivity index (χ1v) is 8.14. The zero-order valence-electron chi connectivity index (χ0n) is 13.6. The SMILES string of the molecule is OCc1cccc(Nc2n[nH]c3c2Cc2cc(CO)c(CO)cc2-3)c1. The number of aromatic nitrogens is 2. The van der Waals surface area contributed by atoms with Gasteiger partial charge in [-0.05, 0) is 40.5 Å². The van der Waals surface area contributed by atoms with Crippen molar-refractivity contribution in [3.63, 3.8) is 0 Å². The smallest absolute Gasteiger partial charge is 0.156 e. The molecule has 0 amide bonds. The van der Waals surface area contributed by atoms with Gasteiger partial charge in [-0.1, -0.05) is 18.2 Å². The molecule has 1 aliphatic carbocycles. The number of hydrogen-bond acceptors (Lipinski definition) is 5. The maximum atomic E-state index is 9.51. The Bertz CT molecular complexity index is 934. The summed E-state index contributed by atoms with van der Waals surface area (Å²) in [6.07, 6.45) is 0.710. The number of anilines is 2. The summed E-state index contributed by atoms with van der Waals surface area (Å²) in [4.78, 5) is 0. The summed E-state index contributed by atoms with van der Waals surface area (Å²) in [5.74, 6) is 0.748. The van der Waals surface area contributed by atoms with Crippen molar-refractivity contribution in [1.82, 2.24) is 10.2 Å². The third-order valence-electron chi connectivity index (χ3n) is 4.64. The van der Waals surface area contributed by atoms with Crippen LogP contribution < -0.4 is 5.32 Å². The molecule has 0 saturated heterocycles. The second kappa shape index (κ2) is 6.33. The number of aromatic amines is 1. The number of aliphatic hydroxyl groups is 3. The van der Waals surface area contributed by atoms with E-state index in [-0.39, 0.29) is 19.8 Å². The van der Waals surface area contributed by atoms with E-state index in [4.69, 9.17) is 0 Å². The molecule has 0 saturated carbocycles. The summed E-state index contributed by atoms with van der Waals surface area (Å²) in [7, 11) is 0. The minimum atomic E-state index is -0.105. The van der Waals surface area contributed by atoms with E-state index >= 15 is 0 Å². The molecule has 0 bridgehead atoms. The van der Waals surface area contributed by atoms with Gasteiger partial charge in [0.1, 0.15) is 0 Å². The minimum Gasteiger partial charge on any atom is -0.392 e. The Kier molecular flexibility index (Phi) is 4.01. The maximum absolute atomic E-state index is 9.51. The van der Waals surface area contributed by atoms with Crippen LogP contribution in [0, 0.1) is 0 Å². The zero-order valence-corrected chi connectivity index (χ0v) is 13.6. The lowest BCUT2D eigenvalue weighted by Gasteiger charge is -2.09. The summed E-state index contributed by atoms with van der Waals surface area (Å²) >= 11 is 0. The average molecular weight is 337 g/mol. The van der Waals surface area contributed by atoms with Gasteiger partial charge in [0.25, 0.3) is 0 Å². The van der Waals surface area contributed by atoms with Crippen LogP contribution in [0.4, 0.5) is 11.5 Å². The van der Waals surface area contributed by atoms with Crippen LogP contribution in [-0.2, 0) is 26.2 Å². The summed E-state index contributed by atoms with van der Waals surface area (Å²) < 4.78 is 0. The summed E-state index contributed by atoms with van der Waals surface area (Å²) in [5.41, 5.74) is 7.30. The first-order valence-electron chi connectivity index (χ1n) is 8.14. The molecular formula is C19H19N3O3. The number of fused-ring (bicyclic) bond motifs is 3. The largest absolute Gasteiger partial charge is 0.392 e. The number of nitrogens with one attached hydrogen (secondary N) is 2. The highest BCUT2D eigenvalue weighted by Gasteiger charge is 2.26. The van der Waals surface area contributed by atoms with Crippen molar-refractivity contribution in [1.29, 1.82) is 0 Å². The predicted octanol–water partition coefficient (Wildman–Crippen LogP) is 2.20. The Morgan fingerprint density at radius 1 is 1.00 bits per heavy atom. The van der Waals surface area contributed by atoms with Crippen LogP contribution in [0.15, 0.2) is 36.4 Å². The Morgan fingerprint density at radius 2 is 1.80 bits per heavy atom. The molecule has 5 N–H and O–H groups in total. The maximum Gasteiger partial charge on any atom is 0.156 e. The van der Waals surface area contributed by atoms with E-state index in [1.807, 2.05) is 36.4 Å². The molecule has 0 unspecified atom stereocenters. The highest BCUT2D eigenvalue weighted by atomic mass is 16.3. The molecule has 6 nitrogen and oxygen atoms in total. The van der Waals surface area contributed by atoms with Gasteiger partial charge >= 0.3 is 0 Å². The lowest BCUT2D eigenvalue weighted by Crippen LogP contribution is -1.98. The van der Waals surface area contributed by atoms with Crippen molar-refractivity contribution in [3.8, 4) is 11.3 Å². The first kappa shape index (κ1) is 15.8. The predicted molar refractivity (Wildman–Crippen MR) is 94.3 cm³/mol. The van der Waals surface area contributed by atoms with Gasteiger partial charge in [0.15, 0.2) is 5.82 Å². The van der Waals surface area contributed by atoms with Crippen LogP contribution in [0.1, 0.15) is 27.8 Å². The third-order valence-corrected chi connectivity index (χ3v) is 4.64. The van der Waals surface area contributed by atoms with Crippen molar-refractivity contribution in [2.45, 2.75) is 26.2 Å². The highest BCUT2D eigenvalue weighted by molar-refractivity contribution is 5.80. The van der Waals surface area contributed by atoms with Gasteiger partial charge in [-0.2, -0.15) is 5.10 Å².